The first-order chi connectivity index (χ1) is 22.9. The molecule has 0 spiro atoms. The van der Waals surface area contributed by atoms with Gasteiger partial charge >= 0.3 is 290 Å². The molecule has 0 amide bonds. The average molecular weight is 754 g/mol. The Morgan fingerprint density at radius 1 is 0.583 bits per heavy atom. The Labute approximate surface area is 288 Å². The van der Waals surface area contributed by atoms with E-state index in [2.05, 4.69) is 14.8 Å². The van der Waals surface area contributed by atoms with Crippen molar-refractivity contribution in [3.05, 3.63) is 144 Å². The zero-order valence-corrected chi connectivity index (χ0v) is 31.6. The van der Waals surface area contributed by atoms with Crippen LogP contribution >= 0.6 is 0 Å². The molecule has 0 N–H and O–H groups in total. The first kappa shape index (κ1) is 34.4. The van der Waals surface area contributed by atoms with Gasteiger partial charge in [-0.05, 0) is 0 Å². The summed E-state index contributed by atoms with van der Waals surface area (Å²) in [4.78, 5) is 36.3. The van der Waals surface area contributed by atoms with E-state index in [9.17, 15) is 9.59 Å². The molecule has 2 saturated heterocycles. The van der Waals surface area contributed by atoms with Crippen LogP contribution in [0.1, 0.15) is 49.4 Å². The minimum absolute atomic E-state index is 0.313. The number of hydrogen-bond acceptors (Lipinski definition) is 6. The Kier molecular flexibility index (Phi) is 9.64. The van der Waals surface area contributed by atoms with Crippen molar-refractivity contribution in [2.75, 3.05) is 0 Å². The third-order valence-corrected chi connectivity index (χ3v) is 14.4. The fraction of sp³-hybridized carbons (Fsp3) is 0.366. The molecule has 2 heterocycles. The summed E-state index contributed by atoms with van der Waals surface area (Å²) >= 11 is -2.63. The summed E-state index contributed by atoms with van der Waals surface area (Å²) in [7, 11) is 0. The monoisotopic (exact) mass is 754 g/mol. The summed E-state index contributed by atoms with van der Waals surface area (Å²) in [5.41, 5.74) is 0.00182. The first-order valence-electron chi connectivity index (χ1n) is 16.9. The number of esters is 2. The Hall–Kier alpha value is -3.46. The van der Waals surface area contributed by atoms with Crippen molar-refractivity contribution in [2.45, 2.75) is 75.6 Å². The van der Waals surface area contributed by atoms with E-state index in [0.717, 1.165) is 26.7 Å². The van der Waals surface area contributed by atoms with Crippen molar-refractivity contribution in [1.29, 1.82) is 0 Å². The third-order valence-electron chi connectivity index (χ3n) is 9.46. The van der Waals surface area contributed by atoms with E-state index in [1.54, 1.807) is 0 Å². The Morgan fingerprint density at radius 3 is 1.25 bits per heavy atom. The van der Waals surface area contributed by atoms with Gasteiger partial charge in [-0.2, -0.15) is 0 Å². The first-order valence-corrected chi connectivity index (χ1v) is 27.5. The van der Waals surface area contributed by atoms with Crippen LogP contribution in [0.3, 0.4) is 0 Å². The second kappa shape index (κ2) is 13.4. The molecule has 0 bridgehead atoms. The van der Waals surface area contributed by atoms with Gasteiger partial charge in [-0.25, -0.2) is 0 Å². The summed E-state index contributed by atoms with van der Waals surface area (Å²) in [6.45, 7) is 5.57. The summed E-state index contributed by atoms with van der Waals surface area (Å²) in [5, 5.41) is 0. The quantitative estimate of drug-likeness (QED) is 0.145. The van der Waals surface area contributed by atoms with Gasteiger partial charge in [0, 0.05) is 0 Å². The minimum atomic E-state index is -2.63. The fourth-order valence-corrected chi connectivity index (χ4v) is 12.6. The van der Waals surface area contributed by atoms with Crippen LogP contribution in [-0.4, -0.2) is 48.3 Å². The number of carbonyl (C=O) groups is 2. The fourth-order valence-electron chi connectivity index (χ4n) is 7.47. The molecule has 0 radical (unpaired) electrons. The van der Waals surface area contributed by atoms with Gasteiger partial charge in [-0.1, -0.05) is 0 Å². The van der Waals surface area contributed by atoms with Crippen LogP contribution < -0.4 is 0 Å². The zero-order valence-electron chi connectivity index (χ0n) is 28.7. The predicted molar refractivity (Wildman–Crippen MR) is 189 cm³/mol. The molecule has 2 fully saturated rings. The molecular formula is C41H46O6Sn. The second-order valence-corrected chi connectivity index (χ2v) is 30.6. The van der Waals surface area contributed by atoms with E-state index < -0.39 is 65.4 Å². The molecule has 2 aliphatic heterocycles. The van der Waals surface area contributed by atoms with E-state index in [0.29, 0.717) is 6.42 Å². The molecule has 2 unspecified atom stereocenters. The normalized spacial score (nSPS) is 25.2. The van der Waals surface area contributed by atoms with Crippen LogP contribution in [0.2, 0.25) is 19.3 Å². The number of cyclic esters (lactones) is 2. The van der Waals surface area contributed by atoms with Gasteiger partial charge in [-0.3, -0.25) is 0 Å². The number of rotatable bonds is 6. The maximum absolute atomic E-state index is 14.9. The molecule has 0 aliphatic carbocycles. The van der Waals surface area contributed by atoms with Gasteiger partial charge in [0.15, 0.2) is 0 Å². The van der Waals surface area contributed by atoms with Crippen LogP contribution in [0.5, 0.6) is 0 Å². The van der Waals surface area contributed by atoms with Gasteiger partial charge in [0.1, 0.15) is 0 Å². The SMILES string of the molecule is CC1CC([CH2][Sn]([CH3])([CH3])[CH3])C(=O)OC(c2ccccc2)(c2ccccc2)[C@@H]2OC(C)(C)O[C@H]2C(c2ccccc2)(c2ccccc2)OC1=O. The molecule has 4 atom stereocenters. The van der Waals surface area contributed by atoms with Gasteiger partial charge in [0.25, 0.3) is 0 Å². The molecule has 7 heteroatoms. The third kappa shape index (κ3) is 6.59. The second-order valence-electron chi connectivity index (χ2n) is 14.9. The average Bonchev–Trinajstić information content (AvgIpc) is 3.41. The van der Waals surface area contributed by atoms with Crippen molar-refractivity contribution >= 4 is 30.3 Å². The van der Waals surface area contributed by atoms with Crippen molar-refractivity contribution < 1.29 is 28.5 Å². The van der Waals surface area contributed by atoms with Gasteiger partial charge in [-0.15, -0.1) is 0 Å². The van der Waals surface area contributed by atoms with E-state index in [-0.39, 0.29) is 5.97 Å². The molecule has 4 aromatic rings. The van der Waals surface area contributed by atoms with Gasteiger partial charge in [0.05, 0.1) is 0 Å². The number of benzene rings is 4. The van der Waals surface area contributed by atoms with E-state index in [1.807, 2.05) is 142 Å². The zero-order chi connectivity index (χ0) is 34.2. The van der Waals surface area contributed by atoms with Crippen molar-refractivity contribution in [2.24, 2.45) is 11.8 Å². The Bertz CT molecular complexity index is 1620. The topological polar surface area (TPSA) is 71.1 Å². The summed E-state index contributed by atoms with van der Waals surface area (Å²) in [5.74, 6) is -2.96. The maximum atomic E-state index is 14.9. The van der Waals surface area contributed by atoms with E-state index in [4.69, 9.17) is 18.9 Å². The molecule has 4 aromatic carbocycles. The van der Waals surface area contributed by atoms with Gasteiger partial charge < -0.3 is 0 Å². The molecule has 6 nitrogen and oxygen atoms in total. The van der Waals surface area contributed by atoms with Gasteiger partial charge in [0.2, 0.25) is 0 Å². The van der Waals surface area contributed by atoms with Crippen molar-refractivity contribution in [1.82, 2.24) is 0 Å². The van der Waals surface area contributed by atoms with Crippen LogP contribution in [-0.2, 0) is 39.7 Å². The van der Waals surface area contributed by atoms with E-state index in [1.165, 1.54) is 0 Å². The number of hydrogen-bond donors (Lipinski definition) is 0. The van der Waals surface area contributed by atoms with Crippen LogP contribution in [0, 0.1) is 11.8 Å². The number of ether oxygens (including phenoxy) is 4. The molecule has 0 aromatic heterocycles. The molecule has 0 saturated carbocycles. The summed E-state index contributed by atoms with van der Waals surface area (Å²) in [6.07, 6.45) is -1.60. The summed E-state index contributed by atoms with van der Waals surface area (Å²) < 4.78 is 28.8. The Morgan fingerprint density at radius 2 is 0.917 bits per heavy atom. The summed E-state index contributed by atoms with van der Waals surface area (Å²) in [6, 6.07) is 39.1. The predicted octanol–water partition coefficient (Wildman–Crippen LogP) is 8.47. The van der Waals surface area contributed by atoms with Crippen molar-refractivity contribution in [3.63, 3.8) is 0 Å². The van der Waals surface area contributed by atoms with Crippen molar-refractivity contribution in [3.8, 4) is 0 Å². The Balaban J connectivity index is 1.73. The number of fused-ring (bicyclic) bond motifs is 1. The molecule has 2 aliphatic rings. The molecule has 48 heavy (non-hydrogen) atoms. The van der Waals surface area contributed by atoms with Crippen LogP contribution in [0.25, 0.3) is 0 Å². The van der Waals surface area contributed by atoms with Crippen LogP contribution in [0.4, 0.5) is 0 Å². The van der Waals surface area contributed by atoms with Crippen LogP contribution in [0.15, 0.2) is 121 Å². The molecule has 6 rings (SSSR count). The number of carbonyl (C=O) groups excluding carboxylic acids is 2. The van der Waals surface area contributed by atoms with E-state index >= 15 is 0 Å². The standard InChI is InChI=1S/C38H37O6.3CH3.Sn/c1-26-25-27(2)35(40)44-38(30-21-13-7-14-22-30,31-23-15-8-16-24-31)33-32(41-36(3,4)42-33)37(43-34(26)39,28-17-9-5-10-18-28)29-19-11-6-12-20-29;;;;/h5-24,26-27,32-33H,1,25H2,2-4H3;3*1H3;/t26?,27?,32-,33-;;;;/m1..../s1. The molecule has 250 valence electrons. The molecular weight excluding hydrogens is 707 g/mol.